The van der Waals surface area contributed by atoms with E-state index < -0.39 is 0 Å². The monoisotopic (exact) mass is 204 g/mol. The number of aryl methyl sites for hydroxylation is 1. The predicted molar refractivity (Wildman–Crippen MR) is 64.1 cm³/mol. The number of hydrogen-bond donors (Lipinski definition) is 0. The number of ketones is 1. The first kappa shape index (κ1) is 12.0. The Labute approximate surface area is 92.5 Å². The first-order chi connectivity index (χ1) is 6.85. The summed E-state index contributed by atoms with van der Waals surface area (Å²) in [6.45, 7) is 9.98. The molecule has 0 fully saturated rings. The molecule has 0 amide bonds. The topological polar surface area (TPSA) is 17.1 Å². The molecule has 0 aliphatic heterocycles. The van der Waals surface area contributed by atoms with E-state index in [1.807, 2.05) is 39.8 Å². The minimum atomic E-state index is -0.375. The Kier molecular flexibility index (Phi) is 3.33. The molecule has 82 valence electrons. The van der Waals surface area contributed by atoms with Crippen molar-refractivity contribution in [3.05, 3.63) is 35.4 Å². The molecule has 0 saturated carbocycles. The number of rotatable bonds is 3. The van der Waals surface area contributed by atoms with Gasteiger partial charge in [0.25, 0.3) is 0 Å². The summed E-state index contributed by atoms with van der Waals surface area (Å²) in [6.07, 6.45) is 0. The Morgan fingerprint density at radius 3 is 2.33 bits per heavy atom. The maximum absolute atomic E-state index is 12.1. The molecule has 0 N–H and O–H groups in total. The quantitative estimate of drug-likeness (QED) is 0.736. The van der Waals surface area contributed by atoms with Gasteiger partial charge in [-0.05, 0) is 26.3 Å². The van der Waals surface area contributed by atoms with Crippen LogP contribution < -0.4 is 0 Å². The SMILES string of the molecule is Cc1cccc(C(C)(C)C(=O)C(C)C)c1. The summed E-state index contributed by atoms with van der Waals surface area (Å²) in [5.74, 6) is 0.383. The Hall–Kier alpha value is -1.11. The Bertz CT molecular complexity index is 361. The fraction of sp³-hybridized carbons (Fsp3) is 0.500. The summed E-state index contributed by atoms with van der Waals surface area (Å²) in [5.41, 5.74) is 1.94. The molecule has 1 aromatic rings. The van der Waals surface area contributed by atoms with Gasteiger partial charge in [-0.1, -0.05) is 43.7 Å². The highest BCUT2D eigenvalue weighted by Gasteiger charge is 2.31. The zero-order valence-corrected chi connectivity index (χ0v) is 10.3. The van der Waals surface area contributed by atoms with Crippen LogP contribution in [0.5, 0.6) is 0 Å². The Balaban J connectivity index is 3.10. The average molecular weight is 204 g/mol. The summed E-state index contributed by atoms with van der Waals surface area (Å²) < 4.78 is 0. The number of benzene rings is 1. The van der Waals surface area contributed by atoms with Gasteiger partial charge in [-0.3, -0.25) is 4.79 Å². The molecule has 15 heavy (non-hydrogen) atoms. The fourth-order valence-electron chi connectivity index (χ4n) is 1.90. The zero-order chi connectivity index (χ0) is 11.6. The van der Waals surface area contributed by atoms with E-state index in [0.29, 0.717) is 5.78 Å². The van der Waals surface area contributed by atoms with Gasteiger partial charge in [0.05, 0.1) is 0 Å². The van der Waals surface area contributed by atoms with Crippen molar-refractivity contribution in [1.29, 1.82) is 0 Å². The van der Waals surface area contributed by atoms with Gasteiger partial charge >= 0.3 is 0 Å². The lowest BCUT2D eigenvalue weighted by Crippen LogP contribution is -2.32. The highest BCUT2D eigenvalue weighted by atomic mass is 16.1. The van der Waals surface area contributed by atoms with Gasteiger partial charge in [-0.15, -0.1) is 0 Å². The van der Waals surface area contributed by atoms with Crippen LogP contribution >= 0.6 is 0 Å². The van der Waals surface area contributed by atoms with E-state index in [1.165, 1.54) is 5.56 Å². The highest BCUT2D eigenvalue weighted by molar-refractivity contribution is 5.90. The molecule has 0 saturated heterocycles. The van der Waals surface area contributed by atoms with E-state index in [2.05, 4.69) is 19.1 Å². The zero-order valence-electron chi connectivity index (χ0n) is 10.3. The van der Waals surface area contributed by atoms with E-state index in [-0.39, 0.29) is 11.3 Å². The van der Waals surface area contributed by atoms with Crippen LogP contribution in [0.25, 0.3) is 0 Å². The molecular weight excluding hydrogens is 184 g/mol. The van der Waals surface area contributed by atoms with Gasteiger partial charge in [-0.2, -0.15) is 0 Å². The summed E-state index contributed by atoms with van der Waals surface area (Å²) in [5, 5.41) is 0. The average Bonchev–Trinajstić information content (AvgIpc) is 2.16. The smallest absolute Gasteiger partial charge is 0.145 e. The van der Waals surface area contributed by atoms with Crippen LogP contribution in [0, 0.1) is 12.8 Å². The second-order valence-electron chi connectivity index (χ2n) is 5.01. The summed E-state index contributed by atoms with van der Waals surface area (Å²) in [7, 11) is 0. The minimum absolute atomic E-state index is 0.0838. The number of Topliss-reactive ketones (excluding diaryl/α,β-unsaturated/α-hetero) is 1. The molecule has 0 spiro atoms. The van der Waals surface area contributed by atoms with Crippen molar-refractivity contribution in [3.8, 4) is 0 Å². The molecule has 0 unspecified atom stereocenters. The van der Waals surface area contributed by atoms with Crippen molar-refractivity contribution >= 4 is 5.78 Å². The maximum Gasteiger partial charge on any atom is 0.145 e. The predicted octanol–water partition coefficient (Wildman–Crippen LogP) is 3.50. The van der Waals surface area contributed by atoms with Gasteiger partial charge in [0, 0.05) is 11.3 Å². The first-order valence-electron chi connectivity index (χ1n) is 5.47. The van der Waals surface area contributed by atoms with Crippen molar-refractivity contribution in [2.24, 2.45) is 5.92 Å². The Morgan fingerprint density at radius 1 is 1.27 bits per heavy atom. The largest absolute Gasteiger partial charge is 0.298 e. The molecule has 0 aliphatic rings. The molecule has 0 heterocycles. The van der Waals surface area contributed by atoms with E-state index in [1.54, 1.807) is 0 Å². The second kappa shape index (κ2) is 4.18. The standard InChI is InChI=1S/C14H20O/c1-10(2)13(15)14(4,5)12-8-6-7-11(3)9-12/h6-10H,1-5H3. The van der Waals surface area contributed by atoms with Crippen LogP contribution in [0.2, 0.25) is 0 Å². The summed E-state index contributed by atoms with van der Waals surface area (Å²) >= 11 is 0. The van der Waals surface area contributed by atoms with Gasteiger partial charge < -0.3 is 0 Å². The van der Waals surface area contributed by atoms with Crippen molar-refractivity contribution < 1.29 is 4.79 Å². The third-order valence-electron chi connectivity index (χ3n) is 2.88. The van der Waals surface area contributed by atoms with Gasteiger partial charge in [0.2, 0.25) is 0 Å². The molecule has 1 aromatic carbocycles. The van der Waals surface area contributed by atoms with Crippen LogP contribution in [0.1, 0.15) is 38.8 Å². The van der Waals surface area contributed by atoms with E-state index >= 15 is 0 Å². The normalized spacial score (nSPS) is 11.9. The molecule has 1 nitrogen and oxygen atoms in total. The summed E-state index contributed by atoms with van der Waals surface area (Å²) in [4.78, 5) is 12.1. The fourth-order valence-corrected chi connectivity index (χ4v) is 1.90. The molecule has 0 bridgehead atoms. The van der Waals surface area contributed by atoms with Gasteiger partial charge in [0.15, 0.2) is 0 Å². The maximum atomic E-state index is 12.1. The number of carbonyl (C=O) groups excluding carboxylic acids is 1. The van der Waals surface area contributed by atoms with Crippen LogP contribution in [0.4, 0.5) is 0 Å². The van der Waals surface area contributed by atoms with E-state index in [0.717, 1.165) is 5.56 Å². The Morgan fingerprint density at radius 2 is 1.87 bits per heavy atom. The van der Waals surface area contributed by atoms with Crippen molar-refractivity contribution in [2.75, 3.05) is 0 Å². The van der Waals surface area contributed by atoms with E-state index in [4.69, 9.17) is 0 Å². The first-order valence-corrected chi connectivity index (χ1v) is 5.47. The molecule has 0 radical (unpaired) electrons. The van der Waals surface area contributed by atoms with Gasteiger partial charge in [0.1, 0.15) is 5.78 Å². The lowest BCUT2D eigenvalue weighted by atomic mass is 9.76. The van der Waals surface area contributed by atoms with Crippen LogP contribution in [0.15, 0.2) is 24.3 Å². The minimum Gasteiger partial charge on any atom is -0.298 e. The van der Waals surface area contributed by atoms with E-state index in [9.17, 15) is 4.79 Å². The molecule has 0 atom stereocenters. The third kappa shape index (κ3) is 2.47. The third-order valence-corrected chi connectivity index (χ3v) is 2.88. The van der Waals surface area contributed by atoms with Crippen molar-refractivity contribution in [3.63, 3.8) is 0 Å². The molecule has 1 heteroatoms. The lowest BCUT2D eigenvalue weighted by Gasteiger charge is -2.26. The second-order valence-corrected chi connectivity index (χ2v) is 5.01. The molecule has 1 rings (SSSR count). The lowest BCUT2D eigenvalue weighted by molar-refractivity contribution is -0.126. The van der Waals surface area contributed by atoms with Crippen LogP contribution in [-0.2, 0) is 10.2 Å². The van der Waals surface area contributed by atoms with Crippen LogP contribution in [0.3, 0.4) is 0 Å². The van der Waals surface area contributed by atoms with Crippen molar-refractivity contribution in [2.45, 2.75) is 40.0 Å². The van der Waals surface area contributed by atoms with Crippen molar-refractivity contribution in [1.82, 2.24) is 0 Å². The van der Waals surface area contributed by atoms with Gasteiger partial charge in [-0.25, -0.2) is 0 Å². The molecule has 0 aromatic heterocycles. The summed E-state index contributed by atoms with van der Waals surface area (Å²) in [6, 6.07) is 8.20. The highest BCUT2D eigenvalue weighted by Crippen LogP contribution is 2.27. The van der Waals surface area contributed by atoms with Crippen LogP contribution in [-0.4, -0.2) is 5.78 Å². The number of hydrogen-bond acceptors (Lipinski definition) is 1. The number of carbonyl (C=O) groups is 1. The molecular formula is C14H20O. The molecule has 0 aliphatic carbocycles.